The van der Waals surface area contributed by atoms with Crippen LogP contribution < -0.4 is 0 Å². The molecule has 0 saturated carbocycles. The third-order valence-electron chi connectivity index (χ3n) is 0.894. The molecule has 0 bridgehead atoms. The summed E-state index contributed by atoms with van der Waals surface area (Å²) in [6.07, 6.45) is 0. The molecule has 0 atom stereocenters. The van der Waals surface area contributed by atoms with Crippen molar-refractivity contribution in [3.63, 3.8) is 0 Å². The molecule has 10 heavy (non-hydrogen) atoms. The third kappa shape index (κ3) is 22.4. The van der Waals surface area contributed by atoms with E-state index in [9.17, 15) is 0 Å². The van der Waals surface area contributed by atoms with Crippen molar-refractivity contribution in [2.75, 3.05) is 13.1 Å². The molecule has 4 heteroatoms. The van der Waals surface area contributed by atoms with E-state index < -0.39 is 0 Å². The molecule has 58 valence electrons. The molecule has 0 rings (SSSR count). The van der Waals surface area contributed by atoms with Crippen molar-refractivity contribution in [3.8, 4) is 0 Å². The van der Waals surface area contributed by atoms with Crippen molar-refractivity contribution in [3.05, 3.63) is 14.5 Å². The standard InChI is InChI=1S/C5H12N.CH3.W.2Y/c1-4-6(3)5-2;;;;/h3-5H2,1-2H3;1H3;;;/q2*-1;;;/i;1D;;;. The Morgan fingerprint density at radius 3 is 1.50 bits per heavy atom. The maximum atomic E-state index is 5.50. The molecule has 0 spiro atoms. The molecule has 0 aromatic carbocycles. The molecule has 0 aromatic heterocycles. The van der Waals surface area contributed by atoms with Crippen molar-refractivity contribution in [1.82, 2.24) is 4.90 Å². The summed E-state index contributed by atoms with van der Waals surface area (Å²) in [5.41, 5.74) is 0. The van der Waals surface area contributed by atoms with Gasteiger partial charge >= 0.3 is 0 Å². The number of rotatable bonds is 2. The Balaban J connectivity index is -0.0000000222. The van der Waals surface area contributed by atoms with Gasteiger partial charge in [-0.3, -0.25) is 7.05 Å². The first-order valence-corrected chi connectivity index (χ1v) is 2.36. The normalized spacial score (nSPS) is 6.70. The molecule has 0 aliphatic rings. The minimum Gasteiger partial charge on any atom is -0.460 e. The first-order valence-electron chi connectivity index (χ1n) is 3.07. The Morgan fingerprint density at radius 2 is 1.50 bits per heavy atom. The molecule has 0 aliphatic carbocycles. The van der Waals surface area contributed by atoms with E-state index in [-0.39, 0.29) is 86.5 Å². The zero-order valence-corrected chi connectivity index (χ0v) is 15.4. The Bertz CT molecular complexity index is 39.8. The largest absolute Gasteiger partial charge is 0.460 e. The van der Waals surface area contributed by atoms with E-state index >= 15 is 0 Å². The molecular weight excluding hydrogens is 448 g/mol. The van der Waals surface area contributed by atoms with Gasteiger partial charge in [0.2, 0.25) is 0 Å². The Kier molecular flexibility index (Phi) is 52.2. The molecule has 0 heterocycles. The summed E-state index contributed by atoms with van der Waals surface area (Å²) in [5.74, 6) is 0. The van der Waals surface area contributed by atoms with Crippen molar-refractivity contribution >= 4 is 0 Å². The van der Waals surface area contributed by atoms with Gasteiger partial charge in [-0.25, -0.2) is 1.37 Å². The van der Waals surface area contributed by atoms with Crippen LogP contribution in [0.4, 0.5) is 0 Å². The minimum absolute atomic E-state index is 0. The fourth-order valence-corrected chi connectivity index (χ4v) is 0.224. The number of hydrogen-bond acceptors (Lipinski definition) is 1. The monoisotopic (exact) mass is 464 g/mol. The van der Waals surface area contributed by atoms with Crippen LogP contribution in [0, 0.1) is 14.5 Å². The molecular formula is C6H15NWY2-2. The summed E-state index contributed by atoms with van der Waals surface area (Å²) < 4.78 is 5.50. The summed E-state index contributed by atoms with van der Waals surface area (Å²) in [7, 11) is 6.21. The first-order chi connectivity index (χ1) is 3.81. The summed E-state index contributed by atoms with van der Waals surface area (Å²) in [6, 6.07) is 0. The topological polar surface area (TPSA) is 3.24 Å². The fourth-order valence-electron chi connectivity index (χ4n) is 0.224. The van der Waals surface area contributed by atoms with Gasteiger partial charge in [-0.05, 0) is 13.1 Å². The van der Waals surface area contributed by atoms with Gasteiger partial charge in [-0.2, -0.15) is 0 Å². The van der Waals surface area contributed by atoms with Crippen LogP contribution in [0.25, 0.3) is 0 Å². The van der Waals surface area contributed by atoms with E-state index in [1.807, 2.05) is 4.90 Å². The molecule has 0 aromatic rings. The maximum Gasteiger partial charge on any atom is 0 e. The predicted octanol–water partition coefficient (Wildman–Crippen LogP) is 1.56. The molecule has 2 radical (unpaired) electrons. The Hall–Kier alpha value is 2.86. The third-order valence-corrected chi connectivity index (χ3v) is 0.894. The van der Waals surface area contributed by atoms with Crippen LogP contribution in [0.5, 0.6) is 0 Å². The molecule has 0 amide bonds. The average Bonchev–Trinajstić information content (AvgIpc) is 1.91. The molecule has 1 nitrogen and oxygen atoms in total. The van der Waals surface area contributed by atoms with Gasteiger partial charge in [0.15, 0.2) is 0 Å². The van der Waals surface area contributed by atoms with Crippen molar-refractivity contribution in [2.24, 2.45) is 0 Å². The minimum atomic E-state index is 0. The van der Waals surface area contributed by atoms with E-state index in [4.69, 9.17) is 1.37 Å². The van der Waals surface area contributed by atoms with Gasteiger partial charge in [-0.1, -0.05) is 13.8 Å². The van der Waals surface area contributed by atoms with Gasteiger partial charge < -0.3 is 12.3 Å². The van der Waals surface area contributed by atoms with Crippen LogP contribution in [0.2, 0.25) is 0 Å². The summed E-state index contributed by atoms with van der Waals surface area (Å²) in [5, 5.41) is 0. The first kappa shape index (κ1) is 23.0. The van der Waals surface area contributed by atoms with Crippen LogP contribution in [-0.2, 0) is 86.5 Å². The molecule has 0 saturated heterocycles. The maximum absolute atomic E-state index is 5.50. The van der Waals surface area contributed by atoms with Crippen molar-refractivity contribution in [2.45, 2.75) is 13.8 Å². The zero-order chi connectivity index (χ0) is 6.99. The van der Waals surface area contributed by atoms with Crippen LogP contribution in [-0.4, -0.2) is 18.0 Å². The zero-order valence-electron chi connectivity index (χ0n) is 7.84. The van der Waals surface area contributed by atoms with E-state index in [1.54, 1.807) is 0 Å². The molecule has 0 N–H and O–H groups in total. The Morgan fingerprint density at radius 1 is 1.30 bits per heavy atom. The van der Waals surface area contributed by atoms with Gasteiger partial charge in [-0.15, -0.1) is 0 Å². The van der Waals surface area contributed by atoms with Crippen LogP contribution >= 0.6 is 0 Å². The van der Waals surface area contributed by atoms with Gasteiger partial charge in [0.25, 0.3) is 0 Å². The summed E-state index contributed by atoms with van der Waals surface area (Å²) in [6.45, 7) is 6.29. The fraction of sp³-hybridized carbons (Fsp3) is 0.667. The average molecular weight is 464 g/mol. The Labute approximate surface area is 132 Å². The van der Waals surface area contributed by atoms with Crippen molar-refractivity contribution < 1.29 is 87.9 Å². The van der Waals surface area contributed by atoms with E-state index in [2.05, 4.69) is 28.3 Å². The van der Waals surface area contributed by atoms with Gasteiger partial charge in [0, 0.05) is 86.5 Å². The molecule has 0 aliphatic heterocycles. The smallest absolute Gasteiger partial charge is 0 e. The van der Waals surface area contributed by atoms with Crippen LogP contribution in [0.3, 0.4) is 0 Å². The van der Waals surface area contributed by atoms with Crippen molar-refractivity contribution in [1.29, 1.82) is 0 Å². The number of hydrogen-bond donors (Lipinski definition) is 0. The SMILES string of the molecule is [2H][CH2-].[CH2-]N(CC)CC.[W].[Y].[Y]. The van der Waals surface area contributed by atoms with Crippen LogP contribution in [0.15, 0.2) is 0 Å². The van der Waals surface area contributed by atoms with E-state index in [1.165, 1.54) is 0 Å². The van der Waals surface area contributed by atoms with Crippen LogP contribution in [0.1, 0.15) is 15.2 Å². The quantitative estimate of drug-likeness (QED) is 0.562. The molecule has 0 unspecified atom stereocenters. The number of nitrogens with zero attached hydrogens (tertiary/aromatic N) is 1. The van der Waals surface area contributed by atoms with Gasteiger partial charge in [0.05, 0.1) is 0 Å². The van der Waals surface area contributed by atoms with Gasteiger partial charge in [0.1, 0.15) is 0 Å². The summed E-state index contributed by atoms with van der Waals surface area (Å²) >= 11 is 0. The van der Waals surface area contributed by atoms with E-state index in [0.29, 0.717) is 0 Å². The summed E-state index contributed by atoms with van der Waals surface area (Å²) in [4.78, 5) is 2.00. The molecule has 0 fully saturated rings. The predicted molar refractivity (Wildman–Crippen MR) is 34.7 cm³/mol. The van der Waals surface area contributed by atoms with E-state index in [0.717, 1.165) is 13.1 Å². The second-order valence-corrected chi connectivity index (χ2v) is 1.30. The second kappa shape index (κ2) is 22.6. The second-order valence-electron chi connectivity index (χ2n) is 1.30.